The number of aryl methyl sites for hydroxylation is 1. The van der Waals surface area contributed by atoms with Gasteiger partial charge in [0.1, 0.15) is 17.4 Å². The van der Waals surface area contributed by atoms with Crippen LogP contribution in [-0.4, -0.2) is 36.4 Å². The molecule has 3 aromatic rings. The maximum absolute atomic E-state index is 12.5. The number of nitrogens with zero attached hydrogens (tertiary/aromatic N) is 2. The molecule has 0 saturated carbocycles. The molecule has 31 heavy (non-hydrogen) atoms. The van der Waals surface area contributed by atoms with Crippen LogP contribution in [0.1, 0.15) is 34.8 Å². The lowest BCUT2D eigenvalue weighted by Crippen LogP contribution is -2.35. The molecule has 7 heteroatoms. The Kier molecular flexibility index (Phi) is 8.46. The molecule has 0 saturated heterocycles. The van der Waals surface area contributed by atoms with Crippen molar-refractivity contribution in [2.45, 2.75) is 32.4 Å². The van der Waals surface area contributed by atoms with Gasteiger partial charge in [0, 0.05) is 16.9 Å². The standard InChI is InChI=1S/C24H28ClN3O2S/c1-4-17-5-7-18(8-6-17)22(28(2)3)14-26-23(29)13-20-16-31-24(27-20)15-30-21-11-9-19(25)10-12-21/h5-12,16,22H,4,13-15H2,1-3H3,(H,26,29). The summed E-state index contributed by atoms with van der Waals surface area (Å²) in [5.41, 5.74) is 3.26. The van der Waals surface area contributed by atoms with Crippen molar-refractivity contribution in [2.24, 2.45) is 0 Å². The summed E-state index contributed by atoms with van der Waals surface area (Å²) >= 11 is 7.38. The third kappa shape index (κ3) is 7.06. The molecule has 0 radical (unpaired) electrons. The lowest BCUT2D eigenvalue weighted by Gasteiger charge is -2.25. The van der Waals surface area contributed by atoms with E-state index in [9.17, 15) is 4.79 Å². The van der Waals surface area contributed by atoms with Crippen LogP contribution in [0.2, 0.25) is 5.02 Å². The van der Waals surface area contributed by atoms with Crippen molar-refractivity contribution in [3.63, 3.8) is 0 Å². The summed E-state index contributed by atoms with van der Waals surface area (Å²) in [5, 5.41) is 6.47. The number of carbonyl (C=O) groups excluding carboxylic acids is 1. The second-order valence-electron chi connectivity index (χ2n) is 7.53. The minimum absolute atomic E-state index is 0.0347. The van der Waals surface area contributed by atoms with Crippen LogP contribution in [0.5, 0.6) is 5.75 Å². The molecule has 0 bridgehead atoms. The molecular weight excluding hydrogens is 430 g/mol. The Morgan fingerprint density at radius 3 is 2.52 bits per heavy atom. The molecule has 0 spiro atoms. The zero-order valence-corrected chi connectivity index (χ0v) is 19.7. The average Bonchev–Trinajstić information content (AvgIpc) is 3.21. The molecule has 2 aromatic carbocycles. The van der Waals surface area contributed by atoms with Gasteiger partial charge < -0.3 is 15.0 Å². The number of likely N-dealkylation sites (N-methyl/N-ethyl adjacent to an activating group) is 1. The summed E-state index contributed by atoms with van der Waals surface area (Å²) in [6, 6.07) is 15.9. The summed E-state index contributed by atoms with van der Waals surface area (Å²) in [5.74, 6) is 0.702. The van der Waals surface area contributed by atoms with Gasteiger partial charge in [-0.1, -0.05) is 42.8 Å². The third-order valence-corrected chi connectivity index (χ3v) is 6.13. The number of hydrogen-bond acceptors (Lipinski definition) is 5. The first-order valence-corrected chi connectivity index (χ1v) is 11.5. The SMILES string of the molecule is CCc1ccc(C(CNC(=O)Cc2csc(COc3ccc(Cl)cc3)n2)N(C)C)cc1. The maximum Gasteiger partial charge on any atom is 0.226 e. The van der Waals surface area contributed by atoms with Crippen LogP contribution >= 0.6 is 22.9 Å². The van der Waals surface area contributed by atoms with Gasteiger partial charge in [-0.2, -0.15) is 0 Å². The van der Waals surface area contributed by atoms with Crippen molar-refractivity contribution in [3.8, 4) is 5.75 Å². The molecule has 1 amide bonds. The highest BCUT2D eigenvalue weighted by molar-refractivity contribution is 7.09. The van der Waals surface area contributed by atoms with Crippen molar-refractivity contribution in [3.05, 3.63) is 80.8 Å². The van der Waals surface area contributed by atoms with Crippen LogP contribution in [0, 0.1) is 0 Å². The third-order valence-electron chi connectivity index (χ3n) is 5.01. The van der Waals surface area contributed by atoms with Crippen molar-refractivity contribution >= 4 is 28.8 Å². The van der Waals surface area contributed by atoms with E-state index in [2.05, 4.69) is 46.4 Å². The van der Waals surface area contributed by atoms with Gasteiger partial charge in [0.15, 0.2) is 0 Å². The number of aromatic nitrogens is 1. The number of rotatable bonds is 10. The fourth-order valence-corrected chi connectivity index (χ4v) is 4.01. The predicted octanol–water partition coefficient (Wildman–Crippen LogP) is 4.90. The Bertz CT molecular complexity index is 971. The molecule has 1 N–H and O–H groups in total. The van der Waals surface area contributed by atoms with Crippen LogP contribution in [0.4, 0.5) is 0 Å². The van der Waals surface area contributed by atoms with Gasteiger partial charge in [0.2, 0.25) is 5.91 Å². The lowest BCUT2D eigenvalue weighted by molar-refractivity contribution is -0.120. The first-order valence-electron chi connectivity index (χ1n) is 10.3. The van der Waals surface area contributed by atoms with Crippen molar-refractivity contribution in [1.29, 1.82) is 0 Å². The van der Waals surface area contributed by atoms with Crippen LogP contribution in [0.25, 0.3) is 0 Å². The molecule has 0 fully saturated rings. The Morgan fingerprint density at radius 2 is 1.87 bits per heavy atom. The first-order chi connectivity index (χ1) is 14.9. The molecule has 164 valence electrons. The Hall–Kier alpha value is -2.41. The van der Waals surface area contributed by atoms with E-state index in [0.717, 1.165) is 22.9 Å². The number of ether oxygens (including phenoxy) is 1. The number of carbonyl (C=O) groups is 1. The van der Waals surface area contributed by atoms with E-state index >= 15 is 0 Å². The van der Waals surface area contributed by atoms with E-state index in [1.165, 1.54) is 22.5 Å². The smallest absolute Gasteiger partial charge is 0.226 e. The summed E-state index contributed by atoms with van der Waals surface area (Å²) in [4.78, 5) is 19.1. The second kappa shape index (κ2) is 11.3. The van der Waals surface area contributed by atoms with Crippen LogP contribution in [0.15, 0.2) is 53.9 Å². The second-order valence-corrected chi connectivity index (χ2v) is 8.91. The van der Waals surface area contributed by atoms with Gasteiger partial charge in [0.05, 0.1) is 18.2 Å². The molecule has 3 rings (SSSR count). The lowest BCUT2D eigenvalue weighted by atomic mass is 10.0. The van der Waals surface area contributed by atoms with Gasteiger partial charge in [-0.15, -0.1) is 11.3 Å². The van der Waals surface area contributed by atoms with E-state index in [1.807, 2.05) is 31.6 Å². The van der Waals surface area contributed by atoms with Crippen LogP contribution in [-0.2, 0) is 24.2 Å². The molecule has 1 heterocycles. The maximum atomic E-state index is 12.5. The predicted molar refractivity (Wildman–Crippen MR) is 127 cm³/mol. The number of benzene rings is 2. The fraction of sp³-hybridized carbons (Fsp3) is 0.333. The van der Waals surface area contributed by atoms with Gasteiger partial charge >= 0.3 is 0 Å². The molecule has 0 aliphatic heterocycles. The van der Waals surface area contributed by atoms with E-state index in [-0.39, 0.29) is 18.4 Å². The van der Waals surface area contributed by atoms with Crippen molar-refractivity contribution < 1.29 is 9.53 Å². The molecule has 1 unspecified atom stereocenters. The summed E-state index contributed by atoms with van der Waals surface area (Å²) in [6.07, 6.45) is 1.27. The minimum Gasteiger partial charge on any atom is -0.486 e. The molecular formula is C24H28ClN3O2S. The van der Waals surface area contributed by atoms with Crippen LogP contribution in [0.3, 0.4) is 0 Å². The zero-order valence-electron chi connectivity index (χ0n) is 18.1. The zero-order chi connectivity index (χ0) is 22.2. The van der Waals surface area contributed by atoms with Gasteiger partial charge in [-0.05, 0) is 55.9 Å². The minimum atomic E-state index is -0.0347. The van der Waals surface area contributed by atoms with E-state index < -0.39 is 0 Å². The number of amides is 1. The fourth-order valence-electron chi connectivity index (χ4n) is 3.18. The normalized spacial score (nSPS) is 12.0. The first kappa shape index (κ1) is 23.3. The number of hydrogen-bond donors (Lipinski definition) is 1. The highest BCUT2D eigenvalue weighted by atomic mass is 35.5. The molecule has 1 atom stereocenters. The number of halogens is 1. The summed E-state index contributed by atoms with van der Waals surface area (Å²) in [6.45, 7) is 3.06. The quantitative estimate of drug-likeness (QED) is 0.470. The van der Waals surface area contributed by atoms with Gasteiger partial charge in [-0.25, -0.2) is 4.98 Å². The summed E-state index contributed by atoms with van der Waals surface area (Å²) in [7, 11) is 4.05. The highest BCUT2D eigenvalue weighted by Crippen LogP contribution is 2.20. The molecule has 1 aromatic heterocycles. The molecule has 0 aliphatic carbocycles. The molecule has 5 nitrogen and oxygen atoms in total. The monoisotopic (exact) mass is 457 g/mol. The van der Waals surface area contributed by atoms with Crippen molar-refractivity contribution in [2.75, 3.05) is 20.6 Å². The van der Waals surface area contributed by atoms with E-state index in [0.29, 0.717) is 18.2 Å². The Balaban J connectivity index is 1.49. The number of thiazole rings is 1. The Labute approximate surface area is 193 Å². The molecule has 0 aliphatic rings. The topological polar surface area (TPSA) is 54.5 Å². The number of nitrogens with one attached hydrogen (secondary N) is 1. The largest absolute Gasteiger partial charge is 0.486 e. The average molecular weight is 458 g/mol. The van der Waals surface area contributed by atoms with Crippen molar-refractivity contribution in [1.82, 2.24) is 15.2 Å². The van der Waals surface area contributed by atoms with E-state index in [1.54, 1.807) is 12.1 Å². The Morgan fingerprint density at radius 1 is 1.16 bits per heavy atom. The van der Waals surface area contributed by atoms with Crippen LogP contribution < -0.4 is 10.1 Å². The van der Waals surface area contributed by atoms with Gasteiger partial charge in [-0.3, -0.25) is 4.79 Å². The van der Waals surface area contributed by atoms with Gasteiger partial charge in [0.25, 0.3) is 0 Å². The van der Waals surface area contributed by atoms with E-state index in [4.69, 9.17) is 16.3 Å². The highest BCUT2D eigenvalue weighted by Gasteiger charge is 2.16. The summed E-state index contributed by atoms with van der Waals surface area (Å²) < 4.78 is 5.72.